The Hall–Kier alpha value is -3.27. The van der Waals surface area contributed by atoms with Crippen molar-refractivity contribution in [2.75, 3.05) is 11.9 Å². The van der Waals surface area contributed by atoms with Crippen molar-refractivity contribution in [2.45, 2.75) is 20.8 Å². The zero-order chi connectivity index (χ0) is 19.4. The van der Waals surface area contributed by atoms with E-state index >= 15 is 0 Å². The molecular weight excluding hydrogens is 332 g/mol. The third-order valence-electron chi connectivity index (χ3n) is 4.39. The van der Waals surface area contributed by atoms with E-state index in [2.05, 4.69) is 85.2 Å². The molecule has 2 N–H and O–H groups in total. The van der Waals surface area contributed by atoms with Crippen LogP contribution in [0.4, 0.5) is 5.69 Å². The van der Waals surface area contributed by atoms with Crippen molar-refractivity contribution in [2.24, 2.45) is 5.10 Å². The normalized spacial score (nSPS) is 14.7. The Morgan fingerprint density at radius 2 is 1.81 bits per heavy atom. The molecule has 0 aliphatic carbocycles. The molecule has 4 heteroatoms. The van der Waals surface area contributed by atoms with E-state index in [0.717, 1.165) is 28.4 Å². The van der Waals surface area contributed by atoms with Crippen molar-refractivity contribution in [1.29, 1.82) is 0 Å². The number of aryl methyl sites for hydroxylation is 2. The van der Waals surface area contributed by atoms with Crippen LogP contribution in [0.2, 0.25) is 0 Å². The van der Waals surface area contributed by atoms with Crippen LogP contribution in [-0.4, -0.2) is 17.3 Å². The third-order valence-corrected chi connectivity index (χ3v) is 4.39. The molecule has 0 amide bonds. The minimum absolute atomic E-state index is 0.663. The standard InChI is InChI=1S/C23H26N4/c1-16-9-11-21(12-10-16)19(4)26-27-18(3)14-23(25-20(27)5)15-24-22-8-6-7-17(2)13-22/h6-14,24-25H,3,5,15H2,1-2,4H3/b26-19+. The first-order valence-corrected chi connectivity index (χ1v) is 9.01. The summed E-state index contributed by atoms with van der Waals surface area (Å²) in [5.41, 5.74) is 7.33. The summed E-state index contributed by atoms with van der Waals surface area (Å²) in [7, 11) is 0. The van der Waals surface area contributed by atoms with Gasteiger partial charge in [-0.05, 0) is 50.1 Å². The Morgan fingerprint density at radius 1 is 1.07 bits per heavy atom. The molecule has 1 aliphatic heterocycles. The fourth-order valence-electron chi connectivity index (χ4n) is 2.88. The van der Waals surface area contributed by atoms with Crippen LogP contribution in [0.25, 0.3) is 0 Å². The van der Waals surface area contributed by atoms with Gasteiger partial charge in [0.2, 0.25) is 0 Å². The van der Waals surface area contributed by atoms with E-state index in [9.17, 15) is 0 Å². The van der Waals surface area contributed by atoms with Crippen LogP contribution in [0.5, 0.6) is 0 Å². The summed E-state index contributed by atoms with van der Waals surface area (Å²) in [6.07, 6.45) is 1.99. The molecule has 0 aromatic heterocycles. The van der Waals surface area contributed by atoms with Crippen LogP contribution in [0.1, 0.15) is 23.6 Å². The van der Waals surface area contributed by atoms with Crippen molar-refractivity contribution >= 4 is 11.4 Å². The van der Waals surface area contributed by atoms with Gasteiger partial charge in [0.25, 0.3) is 0 Å². The maximum Gasteiger partial charge on any atom is 0.125 e. The lowest BCUT2D eigenvalue weighted by molar-refractivity contribution is 0.428. The van der Waals surface area contributed by atoms with Crippen LogP contribution in [0.15, 0.2) is 90.1 Å². The average molecular weight is 358 g/mol. The predicted molar refractivity (Wildman–Crippen MR) is 114 cm³/mol. The molecule has 2 aromatic carbocycles. The number of nitrogens with one attached hydrogen (secondary N) is 2. The quantitative estimate of drug-likeness (QED) is 0.746. The van der Waals surface area contributed by atoms with E-state index in [0.29, 0.717) is 12.4 Å². The number of hydrazone groups is 1. The summed E-state index contributed by atoms with van der Waals surface area (Å²) in [6.45, 7) is 15.1. The van der Waals surface area contributed by atoms with Crippen LogP contribution in [0.3, 0.4) is 0 Å². The molecule has 0 atom stereocenters. The average Bonchev–Trinajstić information content (AvgIpc) is 2.63. The molecule has 4 nitrogen and oxygen atoms in total. The molecule has 0 bridgehead atoms. The van der Waals surface area contributed by atoms with Crippen molar-refractivity contribution in [3.05, 3.63) is 102 Å². The van der Waals surface area contributed by atoms with E-state index in [1.165, 1.54) is 11.1 Å². The van der Waals surface area contributed by atoms with E-state index in [4.69, 9.17) is 0 Å². The van der Waals surface area contributed by atoms with E-state index in [1.807, 2.05) is 19.1 Å². The van der Waals surface area contributed by atoms with Crippen LogP contribution in [0, 0.1) is 13.8 Å². The molecule has 2 aromatic rings. The molecular formula is C23H26N4. The fraction of sp³-hybridized carbons (Fsp3) is 0.174. The van der Waals surface area contributed by atoms with Gasteiger partial charge in [-0.3, -0.25) is 0 Å². The van der Waals surface area contributed by atoms with E-state index < -0.39 is 0 Å². The number of hydrogen-bond acceptors (Lipinski definition) is 4. The summed E-state index contributed by atoms with van der Waals surface area (Å²) < 4.78 is 0. The Kier molecular flexibility index (Phi) is 5.46. The highest BCUT2D eigenvalue weighted by atomic mass is 15.5. The Bertz CT molecular complexity index is 920. The lowest BCUT2D eigenvalue weighted by Crippen LogP contribution is -2.33. The monoisotopic (exact) mass is 358 g/mol. The zero-order valence-electron chi connectivity index (χ0n) is 16.2. The van der Waals surface area contributed by atoms with Gasteiger partial charge < -0.3 is 10.6 Å². The summed E-state index contributed by atoms with van der Waals surface area (Å²) in [5, 5.41) is 13.2. The molecule has 0 unspecified atom stereocenters. The van der Waals surface area contributed by atoms with Crippen LogP contribution < -0.4 is 10.6 Å². The highest BCUT2D eigenvalue weighted by molar-refractivity contribution is 5.98. The van der Waals surface area contributed by atoms with Gasteiger partial charge in [0, 0.05) is 11.4 Å². The molecule has 1 aliphatic rings. The maximum atomic E-state index is 4.69. The second-order valence-corrected chi connectivity index (χ2v) is 6.82. The van der Waals surface area contributed by atoms with Crippen LogP contribution in [-0.2, 0) is 0 Å². The number of rotatable bonds is 5. The number of nitrogens with zero attached hydrogens (tertiary/aromatic N) is 2. The molecule has 1 heterocycles. The lowest BCUT2D eigenvalue weighted by Gasteiger charge is -2.29. The maximum absolute atomic E-state index is 4.69. The largest absolute Gasteiger partial charge is 0.379 e. The van der Waals surface area contributed by atoms with Crippen molar-refractivity contribution in [1.82, 2.24) is 10.3 Å². The Labute approximate surface area is 161 Å². The summed E-state index contributed by atoms with van der Waals surface area (Å²) in [6, 6.07) is 16.6. The second kappa shape index (κ2) is 7.96. The van der Waals surface area contributed by atoms with Gasteiger partial charge >= 0.3 is 0 Å². The van der Waals surface area contributed by atoms with E-state index in [1.54, 1.807) is 5.01 Å². The molecule has 0 fully saturated rings. The number of benzene rings is 2. The highest BCUT2D eigenvalue weighted by Gasteiger charge is 2.17. The Balaban J connectivity index is 1.70. The fourth-order valence-corrected chi connectivity index (χ4v) is 2.88. The van der Waals surface area contributed by atoms with Gasteiger partial charge in [0.05, 0.1) is 18.0 Å². The van der Waals surface area contributed by atoms with Crippen LogP contribution >= 0.6 is 0 Å². The topological polar surface area (TPSA) is 39.7 Å². The smallest absolute Gasteiger partial charge is 0.125 e. The van der Waals surface area contributed by atoms with Gasteiger partial charge in [-0.1, -0.05) is 55.1 Å². The molecule has 0 saturated carbocycles. The molecule has 27 heavy (non-hydrogen) atoms. The van der Waals surface area contributed by atoms with Crippen molar-refractivity contribution in [3.63, 3.8) is 0 Å². The SMILES string of the molecule is C=C1C=C(CNc2cccc(C)c2)NC(=C)N1/N=C(\C)c1ccc(C)cc1. The molecule has 0 saturated heterocycles. The molecule has 0 spiro atoms. The zero-order valence-corrected chi connectivity index (χ0v) is 16.2. The minimum atomic E-state index is 0.663. The third kappa shape index (κ3) is 4.67. The highest BCUT2D eigenvalue weighted by Crippen LogP contribution is 2.20. The molecule has 138 valence electrons. The summed E-state index contributed by atoms with van der Waals surface area (Å²) in [4.78, 5) is 0. The second-order valence-electron chi connectivity index (χ2n) is 6.82. The first-order chi connectivity index (χ1) is 12.9. The first-order valence-electron chi connectivity index (χ1n) is 9.01. The molecule has 3 rings (SSSR count). The summed E-state index contributed by atoms with van der Waals surface area (Å²) >= 11 is 0. The Morgan fingerprint density at radius 3 is 2.48 bits per heavy atom. The number of allylic oxidation sites excluding steroid dienone is 1. The van der Waals surface area contributed by atoms with Crippen molar-refractivity contribution < 1.29 is 0 Å². The van der Waals surface area contributed by atoms with Gasteiger partial charge in [0.1, 0.15) is 5.82 Å². The van der Waals surface area contributed by atoms with Gasteiger partial charge in [-0.2, -0.15) is 5.10 Å². The lowest BCUT2D eigenvalue weighted by atomic mass is 10.1. The van der Waals surface area contributed by atoms with Gasteiger partial charge in [-0.25, -0.2) is 5.01 Å². The van der Waals surface area contributed by atoms with Gasteiger partial charge in [-0.15, -0.1) is 0 Å². The molecule has 0 radical (unpaired) electrons. The number of hydrogen-bond donors (Lipinski definition) is 2. The number of anilines is 1. The first kappa shape index (κ1) is 18.5. The minimum Gasteiger partial charge on any atom is -0.379 e. The predicted octanol–water partition coefficient (Wildman–Crippen LogP) is 4.91. The van der Waals surface area contributed by atoms with Crippen molar-refractivity contribution in [3.8, 4) is 0 Å². The van der Waals surface area contributed by atoms with Gasteiger partial charge in [0.15, 0.2) is 0 Å². The van der Waals surface area contributed by atoms with E-state index in [-0.39, 0.29) is 0 Å². The summed E-state index contributed by atoms with van der Waals surface area (Å²) in [5.74, 6) is 0.690.